The molecule has 0 aliphatic carbocycles. The lowest BCUT2D eigenvalue weighted by molar-refractivity contribution is 1.13. The van der Waals surface area contributed by atoms with Crippen LogP contribution in [0.5, 0.6) is 0 Å². The van der Waals surface area contributed by atoms with E-state index in [0.29, 0.717) is 0 Å². The standard InChI is InChI=1S/C13H22N2/c1-7-12(9-14-8-2)15-13(10(3)4)11(5)6/h9H,3,7-8H2,1-2,4-6H3. The third kappa shape index (κ3) is 5.31. The van der Waals surface area contributed by atoms with Crippen LogP contribution in [0.3, 0.4) is 0 Å². The maximum Gasteiger partial charge on any atom is 0.0643 e. The molecule has 0 heterocycles. The van der Waals surface area contributed by atoms with Gasteiger partial charge < -0.3 is 0 Å². The van der Waals surface area contributed by atoms with E-state index < -0.39 is 0 Å². The topological polar surface area (TPSA) is 24.7 Å². The van der Waals surface area contributed by atoms with Crippen molar-refractivity contribution in [3.63, 3.8) is 0 Å². The van der Waals surface area contributed by atoms with E-state index in [0.717, 1.165) is 29.9 Å². The molecule has 84 valence electrons. The summed E-state index contributed by atoms with van der Waals surface area (Å²) < 4.78 is 0. The summed E-state index contributed by atoms with van der Waals surface area (Å²) in [5.41, 5.74) is 4.20. The number of hydrogen-bond acceptors (Lipinski definition) is 2. The lowest BCUT2D eigenvalue weighted by atomic mass is 10.1. The van der Waals surface area contributed by atoms with E-state index in [4.69, 9.17) is 0 Å². The summed E-state index contributed by atoms with van der Waals surface area (Å²) in [6.07, 6.45) is 2.75. The van der Waals surface area contributed by atoms with Gasteiger partial charge in [0.15, 0.2) is 0 Å². The second kappa shape index (κ2) is 7.16. The van der Waals surface area contributed by atoms with Gasteiger partial charge in [0.1, 0.15) is 0 Å². The predicted molar refractivity (Wildman–Crippen MR) is 69.9 cm³/mol. The van der Waals surface area contributed by atoms with Crippen LogP contribution >= 0.6 is 0 Å². The average Bonchev–Trinajstić information content (AvgIpc) is 2.17. The average molecular weight is 206 g/mol. The highest BCUT2D eigenvalue weighted by Crippen LogP contribution is 2.14. The van der Waals surface area contributed by atoms with Gasteiger partial charge in [0.2, 0.25) is 0 Å². The van der Waals surface area contributed by atoms with E-state index in [1.807, 2.05) is 20.1 Å². The van der Waals surface area contributed by atoms with E-state index in [-0.39, 0.29) is 0 Å². The van der Waals surface area contributed by atoms with Crippen molar-refractivity contribution in [1.29, 1.82) is 0 Å². The molecule has 2 nitrogen and oxygen atoms in total. The molecule has 0 rings (SSSR count). The summed E-state index contributed by atoms with van der Waals surface area (Å²) in [5.74, 6) is 0. The molecule has 0 aliphatic heterocycles. The van der Waals surface area contributed by atoms with Gasteiger partial charge in [0.25, 0.3) is 0 Å². The van der Waals surface area contributed by atoms with Crippen molar-refractivity contribution in [1.82, 2.24) is 0 Å². The van der Waals surface area contributed by atoms with Gasteiger partial charge in [-0.2, -0.15) is 0 Å². The zero-order valence-corrected chi connectivity index (χ0v) is 10.6. The molecule has 0 atom stereocenters. The summed E-state index contributed by atoms with van der Waals surface area (Å²) in [7, 11) is 0. The number of rotatable bonds is 5. The molecule has 0 aromatic carbocycles. The third-order valence-electron chi connectivity index (χ3n) is 1.92. The van der Waals surface area contributed by atoms with Crippen molar-refractivity contribution in [3.8, 4) is 0 Å². The molecule has 0 aliphatic rings. The van der Waals surface area contributed by atoms with E-state index >= 15 is 0 Å². The smallest absolute Gasteiger partial charge is 0.0643 e. The molecule has 2 heteroatoms. The Kier molecular flexibility index (Phi) is 6.59. The molecule has 0 saturated heterocycles. The van der Waals surface area contributed by atoms with Gasteiger partial charge in [-0.05, 0) is 39.7 Å². The van der Waals surface area contributed by atoms with Crippen LogP contribution in [0.4, 0.5) is 0 Å². The van der Waals surface area contributed by atoms with Gasteiger partial charge in [0, 0.05) is 12.8 Å². The van der Waals surface area contributed by atoms with Crippen molar-refractivity contribution in [2.45, 2.75) is 41.0 Å². The lowest BCUT2D eigenvalue weighted by Crippen LogP contribution is -2.00. The maximum atomic E-state index is 4.58. The molecule has 0 amide bonds. The van der Waals surface area contributed by atoms with Gasteiger partial charge in [-0.15, -0.1) is 0 Å². The van der Waals surface area contributed by atoms with Crippen molar-refractivity contribution in [2.75, 3.05) is 6.54 Å². The number of nitrogens with zero attached hydrogens (tertiary/aromatic N) is 2. The summed E-state index contributed by atoms with van der Waals surface area (Å²) in [6.45, 7) is 14.9. The van der Waals surface area contributed by atoms with Crippen LogP contribution in [-0.4, -0.2) is 18.5 Å². The first-order chi connectivity index (χ1) is 7.02. The molecule has 0 aromatic rings. The Morgan fingerprint density at radius 3 is 2.13 bits per heavy atom. The summed E-state index contributed by atoms with van der Waals surface area (Å²) >= 11 is 0. The molecule has 0 fully saturated rings. The van der Waals surface area contributed by atoms with Crippen molar-refractivity contribution < 1.29 is 0 Å². The highest BCUT2D eigenvalue weighted by atomic mass is 14.8. The Bertz CT molecular complexity index is 302. The van der Waals surface area contributed by atoms with E-state index in [9.17, 15) is 0 Å². The fourth-order valence-electron chi connectivity index (χ4n) is 1.17. The summed E-state index contributed by atoms with van der Waals surface area (Å²) in [5, 5.41) is 0. The van der Waals surface area contributed by atoms with Crippen LogP contribution < -0.4 is 0 Å². The Labute approximate surface area is 93.5 Å². The molecule has 0 aromatic heterocycles. The third-order valence-corrected chi connectivity index (χ3v) is 1.92. The number of hydrogen-bond donors (Lipinski definition) is 0. The maximum absolute atomic E-state index is 4.58. The van der Waals surface area contributed by atoms with Crippen molar-refractivity contribution in [3.05, 3.63) is 23.4 Å². The Hall–Kier alpha value is -1.18. The van der Waals surface area contributed by atoms with Gasteiger partial charge in [0.05, 0.1) is 11.4 Å². The Balaban J connectivity index is 5.03. The first-order valence-corrected chi connectivity index (χ1v) is 5.43. The van der Waals surface area contributed by atoms with E-state index in [1.54, 1.807) is 0 Å². The van der Waals surface area contributed by atoms with Gasteiger partial charge in [-0.3, -0.25) is 9.98 Å². The zero-order valence-electron chi connectivity index (χ0n) is 10.6. The molecule has 0 unspecified atom stereocenters. The summed E-state index contributed by atoms with van der Waals surface area (Å²) in [4.78, 5) is 8.79. The van der Waals surface area contributed by atoms with Crippen LogP contribution in [0, 0.1) is 0 Å². The fraction of sp³-hybridized carbons (Fsp3) is 0.538. The Morgan fingerprint density at radius 1 is 1.20 bits per heavy atom. The summed E-state index contributed by atoms with van der Waals surface area (Å²) in [6, 6.07) is 0. The predicted octanol–water partition coefficient (Wildman–Crippen LogP) is 3.80. The quantitative estimate of drug-likeness (QED) is 0.483. The van der Waals surface area contributed by atoms with Crippen LogP contribution in [-0.2, 0) is 0 Å². The highest BCUT2D eigenvalue weighted by molar-refractivity contribution is 6.30. The fourth-order valence-corrected chi connectivity index (χ4v) is 1.17. The minimum absolute atomic E-state index is 0.802. The Morgan fingerprint density at radius 2 is 1.80 bits per heavy atom. The van der Waals surface area contributed by atoms with E-state index in [1.165, 1.54) is 5.57 Å². The first kappa shape index (κ1) is 13.8. The van der Waals surface area contributed by atoms with E-state index in [2.05, 4.69) is 37.3 Å². The molecular weight excluding hydrogens is 184 g/mol. The molecule has 0 N–H and O–H groups in total. The van der Waals surface area contributed by atoms with Crippen molar-refractivity contribution >= 4 is 11.9 Å². The van der Waals surface area contributed by atoms with Crippen LogP contribution in [0.1, 0.15) is 41.0 Å². The molecule has 0 spiro atoms. The number of aliphatic imine (C=N–C) groups is 2. The van der Waals surface area contributed by atoms with Crippen LogP contribution in [0.15, 0.2) is 33.4 Å². The molecule has 0 saturated carbocycles. The highest BCUT2D eigenvalue weighted by Gasteiger charge is 2.00. The van der Waals surface area contributed by atoms with Crippen LogP contribution in [0.25, 0.3) is 0 Å². The normalized spacial score (nSPS) is 11.9. The molecular formula is C13H22N2. The molecule has 15 heavy (non-hydrogen) atoms. The monoisotopic (exact) mass is 206 g/mol. The molecule has 0 radical (unpaired) electrons. The zero-order chi connectivity index (χ0) is 11.8. The second-order valence-electron chi connectivity index (χ2n) is 3.71. The molecule has 0 bridgehead atoms. The first-order valence-electron chi connectivity index (χ1n) is 5.43. The minimum atomic E-state index is 0.802. The van der Waals surface area contributed by atoms with Gasteiger partial charge in [-0.25, -0.2) is 0 Å². The lowest BCUT2D eigenvalue weighted by Gasteiger charge is -2.05. The van der Waals surface area contributed by atoms with Gasteiger partial charge >= 0.3 is 0 Å². The van der Waals surface area contributed by atoms with Gasteiger partial charge in [-0.1, -0.05) is 19.1 Å². The second-order valence-corrected chi connectivity index (χ2v) is 3.71. The van der Waals surface area contributed by atoms with Crippen molar-refractivity contribution in [2.24, 2.45) is 9.98 Å². The largest absolute Gasteiger partial charge is 0.292 e. The minimum Gasteiger partial charge on any atom is -0.292 e. The SMILES string of the molecule is C=C(C)C(N=C(C=NCC)CC)=C(C)C. The van der Waals surface area contributed by atoms with Crippen LogP contribution in [0.2, 0.25) is 0 Å². The number of allylic oxidation sites excluding steroid dienone is 2.